The number of nitrogens with one attached hydrogen (secondary N) is 2. The molecule has 2 atom stereocenters. The molecule has 1 amide bonds. The molecule has 0 fully saturated rings. The number of hydrogen-bond acceptors (Lipinski definition) is 3. The number of nitrogens with zero attached hydrogens (tertiary/aromatic N) is 2. The van der Waals surface area contributed by atoms with Crippen LogP contribution in [0.15, 0.2) is 59.6 Å². The summed E-state index contributed by atoms with van der Waals surface area (Å²) < 4.78 is 18.8. The van der Waals surface area contributed by atoms with Crippen LogP contribution in [0.2, 0.25) is 0 Å². The van der Waals surface area contributed by atoms with Crippen LogP contribution in [-0.2, 0) is 4.79 Å². The van der Waals surface area contributed by atoms with Gasteiger partial charge >= 0.3 is 0 Å². The van der Waals surface area contributed by atoms with Gasteiger partial charge in [0.05, 0.1) is 12.6 Å². The Hall–Kier alpha value is -2.36. The predicted molar refractivity (Wildman–Crippen MR) is 129 cm³/mol. The molecule has 0 aliphatic carbocycles. The Labute approximate surface area is 194 Å². The van der Waals surface area contributed by atoms with E-state index in [-0.39, 0.29) is 54.4 Å². The highest BCUT2D eigenvalue weighted by Crippen LogP contribution is 2.13. The molecule has 30 heavy (non-hydrogen) atoms. The van der Waals surface area contributed by atoms with Gasteiger partial charge in [-0.05, 0) is 43.7 Å². The molecule has 2 N–H and O–H groups in total. The number of rotatable bonds is 8. The van der Waals surface area contributed by atoms with Crippen molar-refractivity contribution in [2.75, 3.05) is 27.2 Å². The van der Waals surface area contributed by atoms with E-state index in [1.165, 1.54) is 17.0 Å². The molecule has 0 saturated heterocycles. The second-order valence-corrected chi connectivity index (χ2v) is 6.99. The molecule has 0 aliphatic heterocycles. The number of guanidine groups is 1. The van der Waals surface area contributed by atoms with E-state index >= 15 is 0 Å². The molecule has 164 valence electrons. The van der Waals surface area contributed by atoms with Crippen molar-refractivity contribution in [3.05, 3.63) is 66.0 Å². The lowest BCUT2D eigenvalue weighted by Gasteiger charge is -2.21. The van der Waals surface area contributed by atoms with Gasteiger partial charge in [0.15, 0.2) is 5.96 Å². The van der Waals surface area contributed by atoms with E-state index in [0.717, 1.165) is 5.56 Å². The fourth-order valence-corrected chi connectivity index (χ4v) is 2.50. The number of hydrogen-bond donors (Lipinski definition) is 2. The average molecular weight is 528 g/mol. The minimum absolute atomic E-state index is 0. The smallest absolute Gasteiger partial charge is 0.243 e. The standard InChI is InChI=1S/C22H29FN4O2.HI/c1-16(29-20-12-10-19(23)11-13-20)14-24-22(25-15-21(28)27(3)4)26-17(2)18-8-6-5-7-9-18;/h5-13,16-17H,14-15H2,1-4H3,(H2,24,25,26);1H. The Morgan fingerprint density at radius 3 is 2.33 bits per heavy atom. The van der Waals surface area contributed by atoms with Crippen LogP contribution in [0.5, 0.6) is 5.75 Å². The molecule has 0 aromatic heterocycles. The lowest BCUT2D eigenvalue weighted by atomic mass is 10.1. The number of benzene rings is 2. The molecule has 0 heterocycles. The molecule has 0 radical (unpaired) electrons. The molecular weight excluding hydrogens is 498 g/mol. The molecule has 2 aromatic rings. The Morgan fingerprint density at radius 1 is 1.10 bits per heavy atom. The number of halogens is 2. The highest BCUT2D eigenvalue weighted by Gasteiger charge is 2.11. The third kappa shape index (κ3) is 8.98. The van der Waals surface area contributed by atoms with Crippen LogP contribution in [0.25, 0.3) is 0 Å². The van der Waals surface area contributed by atoms with Crippen molar-refractivity contribution in [1.29, 1.82) is 0 Å². The summed E-state index contributed by atoms with van der Waals surface area (Å²) in [6.07, 6.45) is -0.191. The lowest BCUT2D eigenvalue weighted by Crippen LogP contribution is -2.43. The topological polar surface area (TPSA) is 66.0 Å². The molecular formula is C22H30FIN4O2. The normalized spacial score (nSPS) is 12.9. The molecule has 2 aromatic carbocycles. The van der Waals surface area contributed by atoms with Gasteiger partial charge in [0.25, 0.3) is 0 Å². The molecule has 6 nitrogen and oxygen atoms in total. The van der Waals surface area contributed by atoms with Gasteiger partial charge in [0, 0.05) is 14.1 Å². The number of ether oxygens (including phenoxy) is 1. The number of aliphatic imine (C=N–C) groups is 1. The zero-order valence-electron chi connectivity index (χ0n) is 17.8. The van der Waals surface area contributed by atoms with Crippen LogP contribution in [0.1, 0.15) is 25.5 Å². The van der Waals surface area contributed by atoms with Crippen molar-refractivity contribution in [3.8, 4) is 5.75 Å². The van der Waals surface area contributed by atoms with Crippen molar-refractivity contribution >= 4 is 35.8 Å². The number of carbonyl (C=O) groups is 1. The zero-order chi connectivity index (χ0) is 21.2. The van der Waals surface area contributed by atoms with Crippen molar-refractivity contribution < 1.29 is 13.9 Å². The summed E-state index contributed by atoms with van der Waals surface area (Å²) in [4.78, 5) is 17.8. The third-order valence-electron chi connectivity index (χ3n) is 4.23. The quantitative estimate of drug-likeness (QED) is 0.312. The van der Waals surface area contributed by atoms with Gasteiger partial charge in [-0.3, -0.25) is 4.79 Å². The molecule has 2 rings (SSSR count). The van der Waals surface area contributed by atoms with Gasteiger partial charge in [-0.15, -0.1) is 24.0 Å². The summed E-state index contributed by atoms with van der Waals surface area (Å²) in [6, 6.07) is 15.9. The van der Waals surface area contributed by atoms with E-state index in [9.17, 15) is 9.18 Å². The zero-order valence-corrected chi connectivity index (χ0v) is 20.1. The summed E-state index contributed by atoms with van der Waals surface area (Å²) in [7, 11) is 3.40. The Kier molecular flexibility index (Phi) is 11.2. The van der Waals surface area contributed by atoms with Crippen molar-refractivity contribution in [1.82, 2.24) is 15.5 Å². The summed E-state index contributed by atoms with van der Waals surface area (Å²) in [5.41, 5.74) is 1.11. The van der Waals surface area contributed by atoms with Crippen LogP contribution in [-0.4, -0.2) is 50.1 Å². The fraction of sp³-hybridized carbons (Fsp3) is 0.364. The van der Waals surface area contributed by atoms with Gasteiger partial charge in [-0.25, -0.2) is 9.38 Å². The number of amides is 1. The Morgan fingerprint density at radius 2 is 1.73 bits per heavy atom. The first-order valence-electron chi connectivity index (χ1n) is 9.57. The van der Waals surface area contributed by atoms with Crippen molar-refractivity contribution in [2.45, 2.75) is 26.0 Å². The van der Waals surface area contributed by atoms with E-state index in [4.69, 9.17) is 4.74 Å². The molecule has 0 bridgehead atoms. The maximum absolute atomic E-state index is 13.0. The number of likely N-dealkylation sites (N-methyl/N-ethyl adjacent to an activating group) is 1. The van der Waals surface area contributed by atoms with Gasteiger partial charge in [-0.1, -0.05) is 30.3 Å². The second-order valence-electron chi connectivity index (χ2n) is 6.99. The number of carbonyl (C=O) groups excluding carboxylic acids is 1. The Balaban J connectivity index is 0.00000450. The Bertz CT molecular complexity index is 801. The van der Waals surface area contributed by atoms with Gasteiger partial charge in [-0.2, -0.15) is 0 Å². The molecule has 0 aliphatic rings. The molecule has 0 saturated carbocycles. The van der Waals surface area contributed by atoms with E-state index in [2.05, 4.69) is 15.6 Å². The first-order chi connectivity index (χ1) is 13.8. The summed E-state index contributed by atoms with van der Waals surface area (Å²) >= 11 is 0. The monoisotopic (exact) mass is 528 g/mol. The van der Waals surface area contributed by atoms with E-state index < -0.39 is 0 Å². The van der Waals surface area contributed by atoms with E-state index in [0.29, 0.717) is 18.3 Å². The predicted octanol–water partition coefficient (Wildman–Crippen LogP) is 3.60. The summed E-state index contributed by atoms with van der Waals surface area (Å²) in [6.45, 7) is 4.43. The van der Waals surface area contributed by atoms with Gasteiger partial charge in [0.2, 0.25) is 5.91 Å². The lowest BCUT2D eigenvalue weighted by molar-refractivity contribution is -0.127. The average Bonchev–Trinajstić information content (AvgIpc) is 2.71. The van der Waals surface area contributed by atoms with Crippen LogP contribution in [0.4, 0.5) is 4.39 Å². The van der Waals surface area contributed by atoms with Crippen LogP contribution >= 0.6 is 24.0 Å². The minimum Gasteiger partial charge on any atom is -0.489 e. The molecule has 0 spiro atoms. The van der Waals surface area contributed by atoms with Crippen molar-refractivity contribution in [2.24, 2.45) is 4.99 Å². The highest BCUT2D eigenvalue weighted by atomic mass is 127. The first-order valence-corrected chi connectivity index (χ1v) is 9.57. The van der Waals surface area contributed by atoms with E-state index in [1.807, 2.05) is 44.2 Å². The van der Waals surface area contributed by atoms with Crippen LogP contribution in [0.3, 0.4) is 0 Å². The molecule has 2 unspecified atom stereocenters. The second kappa shape index (κ2) is 13.0. The van der Waals surface area contributed by atoms with Crippen LogP contribution < -0.4 is 15.4 Å². The van der Waals surface area contributed by atoms with Gasteiger partial charge in [0.1, 0.15) is 24.2 Å². The highest BCUT2D eigenvalue weighted by molar-refractivity contribution is 14.0. The molecule has 8 heteroatoms. The largest absolute Gasteiger partial charge is 0.489 e. The maximum atomic E-state index is 13.0. The summed E-state index contributed by atoms with van der Waals surface area (Å²) in [5, 5.41) is 6.53. The summed E-state index contributed by atoms with van der Waals surface area (Å²) in [5.74, 6) is 0.718. The van der Waals surface area contributed by atoms with Crippen molar-refractivity contribution in [3.63, 3.8) is 0 Å². The van der Waals surface area contributed by atoms with Crippen LogP contribution in [0, 0.1) is 5.82 Å². The minimum atomic E-state index is -0.304. The van der Waals surface area contributed by atoms with Gasteiger partial charge < -0.3 is 20.3 Å². The van der Waals surface area contributed by atoms with E-state index in [1.54, 1.807) is 26.2 Å². The fourth-order valence-electron chi connectivity index (χ4n) is 2.50. The SMILES string of the molecule is CC(CNC(=NCC(=O)N(C)C)NC(C)c1ccccc1)Oc1ccc(F)cc1.I. The maximum Gasteiger partial charge on any atom is 0.243 e. The first kappa shape index (κ1) is 25.7. The third-order valence-corrected chi connectivity index (χ3v) is 4.23.